The number of nitrogens with one attached hydrogen (secondary N) is 1. The normalized spacial score (nSPS) is 17.2. The number of nitrogens with zero attached hydrogens (tertiary/aromatic N) is 2. The highest BCUT2D eigenvalue weighted by atomic mass is 35.5. The number of rotatable bonds is 3. The van der Waals surface area contributed by atoms with Crippen molar-refractivity contribution >= 4 is 23.2 Å². The Bertz CT molecular complexity index is 536. The smallest absolute Gasteiger partial charge is 0.241 e. The summed E-state index contributed by atoms with van der Waals surface area (Å²) in [5.41, 5.74) is 0.991. The van der Waals surface area contributed by atoms with Gasteiger partial charge < -0.3 is 10.1 Å². The van der Waals surface area contributed by atoms with Gasteiger partial charge in [-0.25, -0.2) is 0 Å². The molecule has 2 rings (SSSR count). The van der Waals surface area contributed by atoms with Crippen molar-refractivity contribution in [3.8, 4) is 6.07 Å². The molecule has 1 aliphatic rings. The summed E-state index contributed by atoms with van der Waals surface area (Å²) < 4.78 is 5.27. The quantitative estimate of drug-likeness (QED) is 0.924. The number of ether oxygens (including phenoxy) is 1. The first kappa shape index (κ1) is 14.8. The Labute approximate surface area is 123 Å². The Balaban J connectivity index is 2.00. The Kier molecular flexibility index (Phi) is 4.96. The molecule has 1 heterocycles. The summed E-state index contributed by atoms with van der Waals surface area (Å²) in [6.07, 6.45) is 0. The summed E-state index contributed by atoms with van der Waals surface area (Å²) >= 11 is 5.94. The maximum Gasteiger partial charge on any atom is 0.241 e. The number of anilines is 1. The van der Waals surface area contributed by atoms with Crippen LogP contribution in [0.3, 0.4) is 0 Å². The summed E-state index contributed by atoms with van der Waals surface area (Å²) in [7, 11) is 0. The molecule has 20 heavy (non-hydrogen) atoms. The number of carbonyl (C=O) groups excluding carboxylic acids is 1. The van der Waals surface area contributed by atoms with Gasteiger partial charge in [-0.05, 0) is 25.1 Å². The first-order valence-corrected chi connectivity index (χ1v) is 6.82. The fourth-order valence-electron chi connectivity index (χ4n) is 2.06. The van der Waals surface area contributed by atoms with Crippen molar-refractivity contribution in [2.75, 3.05) is 31.6 Å². The van der Waals surface area contributed by atoms with Crippen LogP contribution in [0.1, 0.15) is 12.5 Å². The molecule has 6 heteroatoms. The zero-order valence-corrected chi connectivity index (χ0v) is 12.0. The van der Waals surface area contributed by atoms with E-state index < -0.39 is 0 Å². The zero-order chi connectivity index (χ0) is 14.5. The lowest BCUT2D eigenvalue weighted by molar-refractivity contribution is -0.122. The molecular formula is C14H16ClN3O2. The molecule has 1 atom stereocenters. The molecule has 0 saturated carbocycles. The third-order valence-corrected chi connectivity index (χ3v) is 3.64. The van der Waals surface area contributed by atoms with E-state index in [1.54, 1.807) is 18.2 Å². The van der Waals surface area contributed by atoms with E-state index in [0.717, 1.165) is 13.1 Å². The van der Waals surface area contributed by atoms with E-state index in [4.69, 9.17) is 21.6 Å². The first-order chi connectivity index (χ1) is 9.61. The molecule has 106 valence electrons. The van der Waals surface area contributed by atoms with E-state index in [-0.39, 0.29) is 11.9 Å². The Hall–Kier alpha value is -1.61. The number of benzene rings is 1. The third kappa shape index (κ3) is 3.48. The second-order valence-corrected chi connectivity index (χ2v) is 5.03. The second-order valence-electron chi connectivity index (χ2n) is 4.62. The Morgan fingerprint density at radius 2 is 2.20 bits per heavy atom. The van der Waals surface area contributed by atoms with E-state index in [1.807, 2.05) is 13.0 Å². The van der Waals surface area contributed by atoms with Crippen LogP contribution in [0.5, 0.6) is 0 Å². The van der Waals surface area contributed by atoms with Gasteiger partial charge in [-0.3, -0.25) is 9.69 Å². The highest BCUT2D eigenvalue weighted by Gasteiger charge is 2.23. The molecule has 1 saturated heterocycles. The maximum atomic E-state index is 12.2. The fourth-order valence-corrected chi connectivity index (χ4v) is 2.28. The molecule has 1 amide bonds. The number of amides is 1. The summed E-state index contributed by atoms with van der Waals surface area (Å²) in [5, 5.41) is 12.0. The molecule has 1 fully saturated rings. The molecule has 1 N–H and O–H groups in total. The van der Waals surface area contributed by atoms with Crippen LogP contribution in [0.15, 0.2) is 18.2 Å². The van der Waals surface area contributed by atoms with Crippen LogP contribution in [-0.4, -0.2) is 43.2 Å². The topological polar surface area (TPSA) is 65.4 Å². The van der Waals surface area contributed by atoms with Crippen molar-refractivity contribution in [1.82, 2.24) is 4.90 Å². The molecule has 1 aromatic rings. The van der Waals surface area contributed by atoms with Crippen LogP contribution in [0, 0.1) is 11.3 Å². The maximum absolute atomic E-state index is 12.2. The molecule has 1 aliphatic heterocycles. The Morgan fingerprint density at radius 3 is 2.80 bits per heavy atom. The first-order valence-electron chi connectivity index (χ1n) is 6.44. The largest absolute Gasteiger partial charge is 0.379 e. The minimum atomic E-state index is -0.228. The van der Waals surface area contributed by atoms with Gasteiger partial charge in [-0.15, -0.1) is 0 Å². The van der Waals surface area contributed by atoms with Gasteiger partial charge in [-0.2, -0.15) is 5.26 Å². The van der Waals surface area contributed by atoms with Crippen LogP contribution in [-0.2, 0) is 9.53 Å². The van der Waals surface area contributed by atoms with Crippen LogP contribution < -0.4 is 5.32 Å². The molecule has 0 spiro atoms. The molecular weight excluding hydrogens is 278 g/mol. The molecule has 0 aromatic heterocycles. The van der Waals surface area contributed by atoms with Gasteiger partial charge in [0.05, 0.1) is 29.8 Å². The van der Waals surface area contributed by atoms with E-state index in [1.165, 1.54) is 0 Å². The molecule has 0 bridgehead atoms. The monoisotopic (exact) mass is 293 g/mol. The van der Waals surface area contributed by atoms with Crippen molar-refractivity contribution in [3.05, 3.63) is 28.8 Å². The number of morpholine rings is 1. The van der Waals surface area contributed by atoms with Gasteiger partial charge in [0.25, 0.3) is 0 Å². The minimum absolute atomic E-state index is 0.0901. The van der Waals surface area contributed by atoms with Crippen LogP contribution >= 0.6 is 11.6 Å². The fraction of sp³-hybridized carbons (Fsp3) is 0.429. The van der Waals surface area contributed by atoms with Crippen LogP contribution in [0.2, 0.25) is 5.02 Å². The molecule has 5 nitrogen and oxygen atoms in total. The predicted molar refractivity (Wildman–Crippen MR) is 76.7 cm³/mol. The highest BCUT2D eigenvalue weighted by Crippen LogP contribution is 2.20. The number of hydrogen-bond acceptors (Lipinski definition) is 4. The summed E-state index contributed by atoms with van der Waals surface area (Å²) in [6, 6.07) is 6.61. The van der Waals surface area contributed by atoms with Crippen LogP contribution in [0.25, 0.3) is 0 Å². The number of carbonyl (C=O) groups is 1. The predicted octanol–water partition coefficient (Wildman–Crippen LogP) is 1.87. The van der Waals surface area contributed by atoms with E-state index >= 15 is 0 Å². The summed E-state index contributed by atoms with van der Waals surface area (Å²) in [6.45, 7) is 4.68. The molecule has 0 radical (unpaired) electrons. The lowest BCUT2D eigenvalue weighted by Gasteiger charge is -2.31. The Morgan fingerprint density at radius 1 is 1.50 bits per heavy atom. The van der Waals surface area contributed by atoms with E-state index in [0.29, 0.717) is 29.5 Å². The average Bonchev–Trinajstić information content (AvgIpc) is 2.47. The van der Waals surface area contributed by atoms with Gasteiger partial charge in [0.15, 0.2) is 0 Å². The SMILES string of the molecule is C[C@@H](C(=O)Nc1ccc(C#N)c(Cl)c1)N1CCOCC1. The third-order valence-electron chi connectivity index (χ3n) is 3.33. The zero-order valence-electron chi connectivity index (χ0n) is 11.2. The molecule has 0 aliphatic carbocycles. The van der Waals surface area contributed by atoms with Crippen molar-refractivity contribution < 1.29 is 9.53 Å². The second kappa shape index (κ2) is 6.71. The standard InChI is InChI=1S/C14H16ClN3O2/c1-10(18-4-6-20-7-5-18)14(19)17-12-3-2-11(9-16)13(15)8-12/h2-3,8,10H,4-7H2,1H3,(H,17,19)/t10-/m0/s1. The average molecular weight is 294 g/mol. The van der Waals surface area contributed by atoms with Crippen molar-refractivity contribution in [2.24, 2.45) is 0 Å². The molecule has 1 aromatic carbocycles. The van der Waals surface area contributed by atoms with Gasteiger partial charge in [0, 0.05) is 18.8 Å². The van der Waals surface area contributed by atoms with Crippen LogP contribution in [0.4, 0.5) is 5.69 Å². The number of halogens is 1. The van der Waals surface area contributed by atoms with Crippen molar-refractivity contribution in [1.29, 1.82) is 5.26 Å². The lowest BCUT2D eigenvalue weighted by atomic mass is 10.2. The van der Waals surface area contributed by atoms with Gasteiger partial charge >= 0.3 is 0 Å². The summed E-state index contributed by atoms with van der Waals surface area (Å²) in [5.74, 6) is -0.0901. The molecule has 0 unspecified atom stereocenters. The van der Waals surface area contributed by atoms with Crippen molar-refractivity contribution in [2.45, 2.75) is 13.0 Å². The van der Waals surface area contributed by atoms with Gasteiger partial charge in [-0.1, -0.05) is 11.6 Å². The number of hydrogen-bond donors (Lipinski definition) is 1. The van der Waals surface area contributed by atoms with Crippen molar-refractivity contribution in [3.63, 3.8) is 0 Å². The van der Waals surface area contributed by atoms with Gasteiger partial charge in [0.2, 0.25) is 5.91 Å². The number of nitriles is 1. The lowest BCUT2D eigenvalue weighted by Crippen LogP contribution is -2.47. The minimum Gasteiger partial charge on any atom is -0.379 e. The summed E-state index contributed by atoms with van der Waals surface area (Å²) in [4.78, 5) is 14.2. The van der Waals surface area contributed by atoms with E-state index in [2.05, 4.69) is 10.2 Å². The van der Waals surface area contributed by atoms with Gasteiger partial charge in [0.1, 0.15) is 6.07 Å². The van der Waals surface area contributed by atoms with E-state index in [9.17, 15) is 4.79 Å². The highest BCUT2D eigenvalue weighted by molar-refractivity contribution is 6.32.